The Morgan fingerprint density at radius 2 is 2.27 bits per heavy atom. The summed E-state index contributed by atoms with van der Waals surface area (Å²) in [5.74, 6) is 5.65. The van der Waals surface area contributed by atoms with Crippen molar-refractivity contribution in [2.24, 2.45) is 5.84 Å². The molecule has 1 aromatic heterocycles. The second kappa shape index (κ2) is 5.25. The van der Waals surface area contributed by atoms with Gasteiger partial charge in [0.2, 0.25) is 0 Å². The molecule has 1 aromatic rings. The van der Waals surface area contributed by atoms with Crippen LogP contribution in [0.15, 0.2) is 27.6 Å². The molecule has 0 aromatic carbocycles. The number of hydrogen-bond donors (Lipinski definition) is 2. The van der Waals surface area contributed by atoms with Gasteiger partial charge in [0.05, 0.1) is 9.83 Å². The molecule has 0 radical (unpaired) electrons. The molecule has 0 spiro atoms. The average Bonchev–Trinajstić information content (AvgIpc) is 2.68. The molecule has 0 amide bonds. The maximum atomic E-state index is 5.65. The highest BCUT2D eigenvalue weighted by Gasteiger charge is 2.18. The molecule has 0 fully saturated rings. The third kappa shape index (κ3) is 2.69. The van der Waals surface area contributed by atoms with Crippen LogP contribution in [0.5, 0.6) is 0 Å². The van der Waals surface area contributed by atoms with Crippen LogP contribution in [0.25, 0.3) is 0 Å². The maximum absolute atomic E-state index is 5.65. The fraction of sp³-hybridized carbons (Fsp3) is 0.455. The fourth-order valence-electron chi connectivity index (χ4n) is 1.98. The van der Waals surface area contributed by atoms with Crippen molar-refractivity contribution in [3.63, 3.8) is 0 Å². The van der Waals surface area contributed by atoms with Gasteiger partial charge in [0.1, 0.15) is 0 Å². The number of rotatable bonds is 3. The molecule has 2 nitrogen and oxygen atoms in total. The summed E-state index contributed by atoms with van der Waals surface area (Å²) in [4.78, 5) is 1.29. The minimum absolute atomic E-state index is 0.210. The van der Waals surface area contributed by atoms with E-state index in [2.05, 4.69) is 39.6 Å². The second-order valence-corrected chi connectivity index (χ2v) is 6.26. The minimum Gasteiger partial charge on any atom is -0.271 e. The molecular weight excluding hydrogens is 272 g/mol. The highest BCUT2D eigenvalue weighted by atomic mass is 79.9. The number of allylic oxidation sites excluding steroid dienone is 1. The number of thiophene rings is 1. The topological polar surface area (TPSA) is 38.0 Å². The standard InChI is InChI=1S/C11H15BrN2S/c12-10-7-6-9(15-10)11(14-13)8-4-2-1-3-5-8/h4,6-7,11,14H,1-3,5,13H2. The number of halogens is 1. The Morgan fingerprint density at radius 1 is 1.40 bits per heavy atom. The van der Waals surface area contributed by atoms with E-state index in [4.69, 9.17) is 5.84 Å². The van der Waals surface area contributed by atoms with Crippen LogP contribution in [-0.2, 0) is 0 Å². The molecule has 0 saturated heterocycles. The predicted octanol–water partition coefficient (Wildman–Crippen LogP) is 3.52. The Balaban J connectivity index is 2.19. The lowest BCUT2D eigenvalue weighted by Gasteiger charge is -2.21. The van der Waals surface area contributed by atoms with Gasteiger partial charge in [0, 0.05) is 4.88 Å². The summed E-state index contributed by atoms with van der Waals surface area (Å²) in [5, 5.41) is 0. The molecule has 2 rings (SSSR count). The van der Waals surface area contributed by atoms with Crippen LogP contribution in [0.1, 0.15) is 36.6 Å². The van der Waals surface area contributed by atoms with E-state index < -0.39 is 0 Å². The fourth-order valence-corrected chi connectivity index (χ4v) is 3.51. The summed E-state index contributed by atoms with van der Waals surface area (Å²) in [5.41, 5.74) is 4.37. The molecule has 1 aliphatic rings. The van der Waals surface area contributed by atoms with E-state index in [0.717, 1.165) is 3.79 Å². The Hall–Kier alpha value is -0.160. The second-order valence-electron chi connectivity index (χ2n) is 3.77. The van der Waals surface area contributed by atoms with Crippen molar-refractivity contribution < 1.29 is 0 Å². The van der Waals surface area contributed by atoms with E-state index in [-0.39, 0.29) is 6.04 Å². The molecule has 0 bridgehead atoms. The third-order valence-electron chi connectivity index (χ3n) is 2.74. The first-order valence-electron chi connectivity index (χ1n) is 5.21. The molecule has 1 unspecified atom stereocenters. The van der Waals surface area contributed by atoms with Crippen LogP contribution in [0.3, 0.4) is 0 Å². The summed E-state index contributed by atoms with van der Waals surface area (Å²) in [6.45, 7) is 0. The van der Waals surface area contributed by atoms with Gasteiger partial charge in [-0.25, -0.2) is 5.43 Å². The van der Waals surface area contributed by atoms with Gasteiger partial charge in [-0.1, -0.05) is 11.6 Å². The molecule has 4 heteroatoms. The van der Waals surface area contributed by atoms with Crippen LogP contribution >= 0.6 is 27.3 Å². The zero-order valence-electron chi connectivity index (χ0n) is 8.50. The zero-order chi connectivity index (χ0) is 10.7. The van der Waals surface area contributed by atoms with Crippen molar-refractivity contribution in [2.75, 3.05) is 0 Å². The summed E-state index contributed by atoms with van der Waals surface area (Å²) < 4.78 is 1.16. The Labute approximate surface area is 103 Å². The number of hydrogen-bond acceptors (Lipinski definition) is 3. The van der Waals surface area contributed by atoms with Crippen LogP contribution in [0.2, 0.25) is 0 Å². The summed E-state index contributed by atoms with van der Waals surface area (Å²) in [6.07, 6.45) is 7.30. The van der Waals surface area contributed by atoms with E-state index in [9.17, 15) is 0 Å². The average molecular weight is 287 g/mol. The normalized spacial score (nSPS) is 18.7. The van der Waals surface area contributed by atoms with Crippen LogP contribution in [-0.4, -0.2) is 0 Å². The number of nitrogens with two attached hydrogens (primary N) is 1. The first-order chi connectivity index (χ1) is 7.31. The molecule has 0 aliphatic heterocycles. The SMILES string of the molecule is NNC(C1=CCCCC1)c1ccc(Br)s1. The van der Waals surface area contributed by atoms with Crippen molar-refractivity contribution in [3.8, 4) is 0 Å². The first-order valence-corrected chi connectivity index (χ1v) is 6.82. The monoisotopic (exact) mass is 286 g/mol. The molecular formula is C11H15BrN2S. The van der Waals surface area contributed by atoms with Crippen molar-refractivity contribution in [2.45, 2.75) is 31.7 Å². The van der Waals surface area contributed by atoms with E-state index in [1.54, 1.807) is 11.3 Å². The lowest BCUT2D eigenvalue weighted by Crippen LogP contribution is -2.29. The van der Waals surface area contributed by atoms with Gasteiger partial charge in [0.25, 0.3) is 0 Å². The Kier molecular flexibility index (Phi) is 3.97. The van der Waals surface area contributed by atoms with Gasteiger partial charge < -0.3 is 0 Å². The van der Waals surface area contributed by atoms with Crippen molar-refractivity contribution >= 4 is 27.3 Å². The van der Waals surface area contributed by atoms with Gasteiger partial charge in [-0.15, -0.1) is 11.3 Å². The Bertz CT molecular complexity index is 359. The molecule has 1 atom stereocenters. The smallest absolute Gasteiger partial charge is 0.0763 e. The highest BCUT2D eigenvalue weighted by molar-refractivity contribution is 9.11. The van der Waals surface area contributed by atoms with Crippen LogP contribution in [0.4, 0.5) is 0 Å². The lowest BCUT2D eigenvalue weighted by molar-refractivity contribution is 0.572. The van der Waals surface area contributed by atoms with Crippen molar-refractivity contribution in [3.05, 3.63) is 32.4 Å². The summed E-state index contributed by atoms with van der Waals surface area (Å²) >= 11 is 5.23. The van der Waals surface area contributed by atoms with Crippen LogP contribution in [0, 0.1) is 0 Å². The van der Waals surface area contributed by atoms with Gasteiger partial charge in [0.15, 0.2) is 0 Å². The highest BCUT2D eigenvalue weighted by Crippen LogP contribution is 2.34. The maximum Gasteiger partial charge on any atom is 0.0763 e. The van der Waals surface area contributed by atoms with Crippen LogP contribution < -0.4 is 11.3 Å². The van der Waals surface area contributed by atoms with E-state index in [1.807, 2.05) is 0 Å². The van der Waals surface area contributed by atoms with Gasteiger partial charge in [-0.3, -0.25) is 5.84 Å². The number of hydrazine groups is 1. The molecule has 15 heavy (non-hydrogen) atoms. The van der Waals surface area contributed by atoms with E-state index >= 15 is 0 Å². The lowest BCUT2D eigenvalue weighted by atomic mass is 9.93. The minimum atomic E-state index is 0.210. The summed E-state index contributed by atoms with van der Waals surface area (Å²) in [6, 6.07) is 4.42. The molecule has 1 heterocycles. The zero-order valence-corrected chi connectivity index (χ0v) is 10.9. The predicted molar refractivity (Wildman–Crippen MR) is 68.6 cm³/mol. The van der Waals surface area contributed by atoms with E-state index in [0.29, 0.717) is 0 Å². The van der Waals surface area contributed by atoms with Gasteiger partial charge >= 0.3 is 0 Å². The van der Waals surface area contributed by atoms with Gasteiger partial charge in [-0.2, -0.15) is 0 Å². The molecule has 0 saturated carbocycles. The largest absolute Gasteiger partial charge is 0.271 e. The summed E-state index contributed by atoms with van der Waals surface area (Å²) in [7, 11) is 0. The molecule has 3 N–H and O–H groups in total. The molecule has 1 aliphatic carbocycles. The van der Waals surface area contributed by atoms with E-state index in [1.165, 1.54) is 36.1 Å². The first kappa shape index (κ1) is 11.3. The van der Waals surface area contributed by atoms with Gasteiger partial charge in [-0.05, 0) is 53.7 Å². The van der Waals surface area contributed by atoms with Crippen molar-refractivity contribution in [1.29, 1.82) is 0 Å². The third-order valence-corrected chi connectivity index (χ3v) is 4.43. The van der Waals surface area contributed by atoms with Crippen molar-refractivity contribution in [1.82, 2.24) is 5.43 Å². The number of nitrogens with one attached hydrogen (secondary N) is 1. The quantitative estimate of drug-likeness (QED) is 0.507. The molecule has 82 valence electrons. The Morgan fingerprint density at radius 3 is 2.80 bits per heavy atom.